The molecule has 4 rings (SSSR count). The van der Waals surface area contributed by atoms with E-state index in [0.29, 0.717) is 10.7 Å². The summed E-state index contributed by atoms with van der Waals surface area (Å²) in [7, 11) is 0. The Morgan fingerprint density at radius 3 is 2.41 bits per heavy atom. The highest BCUT2D eigenvalue weighted by Crippen LogP contribution is 2.33. The summed E-state index contributed by atoms with van der Waals surface area (Å²) < 4.78 is 5.56. The average Bonchev–Trinajstić information content (AvgIpc) is 3.07. The molecule has 3 amide bonds. The summed E-state index contributed by atoms with van der Waals surface area (Å²) in [6.07, 6.45) is 1.69. The summed E-state index contributed by atoms with van der Waals surface area (Å²) in [5.74, 6) is -0.0235. The topological polar surface area (TPSA) is 75.7 Å². The zero-order chi connectivity index (χ0) is 24.1. The lowest BCUT2D eigenvalue weighted by molar-refractivity contribution is -0.123. The Bertz CT molecular complexity index is 1250. The van der Waals surface area contributed by atoms with Crippen LogP contribution in [0.25, 0.3) is 6.08 Å². The monoisotopic (exact) mass is 472 g/mol. The van der Waals surface area contributed by atoms with Gasteiger partial charge in [-0.15, -0.1) is 0 Å². The normalized spacial score (nSPS) is 14.5. The number of hydrogen-bond donors (Lipinski definition) is 1. The van der Waals surface area contributed by atoms with Gasteiger partial charge in [0.05, 0.1) is 11.4 Å². The highest BCUT2D eigenvalue weighted by Gasteiger charge is 2.34. The first-order valence-corrected chi connectivity index (χ1v) is 11.6. The summed E-state index contributed by atoms with van der Waals surface area (Å²) in [5, 5.41) is 2.51. The quantitative estimate of drug-likeness (QED) is 0.456. The van der Waals surface area contributed by atoms with Crippen LogP contribution >= 0.6 is 11.8 Å². The van der Waals surface area contributed by atoms with E-state index in [-0.39, 0.29) is 30.2 Å². The molecule has 0 saturated carbocycles. The molecule has 0 aromatic heterocycles. The van der Waals surface area contributed by atoms with E-state index in [1.807, 2.05) is 62.4 Å². The molecule has 0 atom stereocenters. The molecule has 172 valence electrons. The van der Waals surface area contributed by atoms with E-state index in [0.717, 1.165) is 39.7 Å². The molecule has 0 radical (unpaired) electrons. The molecular formula is C27H24N2O4S. The summed E-state index contributed by atoms with van der Waals surface area (Å²) in [5.41, 5.74) is 4.57. The fourth-order valence-corrected chi connectivity index (χ4v) is 4.23. The van der Waals surface area contributed by atoms with Gasteiger partial charge in [-0.05, 0) is 72.6 Å². The summed E-state index contributed by atoms with van der Waals surface area (Å²) in [6, 6.07) is 22.3. The predicted octanol–water partition coefficient (Wildman–Crippen LogP) is 5.56. The molecule has 0 spiro atoms. The molecule has 6 nitrogen and oxygen atoms in total. The zero-order valence-corrected chi connectivity index (χ0v) is 19.7. The minimum atomic E-state index is -0.302. The van der Waals surface area contributed by atoms with E-state index in [1.165, 1.54) is 4.90 Å². The van der Waals surface area contributed by atoms with Crippen molar-refractivity contribution in [1.82, 2.24) is 4.90 Å². The Hall–Kier alpha value is -3.84. The second kappa shape index (κ2) is 10.4. The number of thioether (sulfide) groups is 1. The van der Waals surface area contributed by atoms with Gasteiger partial charge in [0.15, 0.2) is 6.61 Å². The molecule has 1 saturated heterocycles. The Labute approximate surface area is 202 Å². The molecule has 1 aliphatic rings. The molecular weight excluding hydrogens is 448 g/mol. The first kappa shape index (κ1) is 23.3. The van der Waals surface area contributed by atoms with Crippen LogP contribution in [-0.2, 0) is 16.1 Å². The van der Waals surface area contributed by atoms with Gasteiger partial charge in [-0.1, -0.05) is 54.1 Å². The van der Waals surface area contributed by atoms with Crippen LogP contribution in [0.15, 0.2) is 77.7 Å². The largest absolute Gasteiger partial charge is 0.484 e. The lowest BCUT2D eigenvalue weighted by atomic mass is 10.1. The molecule has 0 aliphatic carbocycles. The molecule has 3 aromatic carbocycles. The van der Waals surface area contributed by atoms with Gasteiger partial charge >= 0.3 is 0 Å². The van der Waals surface area contributed by atoms with Gasteiger partial charge < -0.3 is 10.1 Å². The van der Waals surface area contributed by atoms with Gasteiger partial charge in [0, 0.05) is 5.69 Å². The van der Waals surface area contributed by atoms with Crippen molar-refractivity contribution in [3.8, 4) is 5.75 Å². The number of carbonyl (C=O) groups excluding carboxylic acids is 3. The van der Waals surface area contributed by atoms with Crippen LogP contribution < -0.4 is 10.1 Å². The maximum Gasteiger partial charge on any atom is 0.293 e. The highest BCUT2D eigenvalue weighted by molar-refractivity contribution is 8.18. The average molecular weight is 473 g/mol. The van der Waals surface area contributed by atoms with Crippen LogP contribution in [0.4, 0.5) is 10.5 Å². The minimum Gasteiger partial charge on any atom is -0.484 e. The van der Waals surface area contributed by atoms with E-state index in [2.05, 4.69) is 5.32 Å². The number of aryl methyl sites for hydroxylation is 2. The van der Waals surface area contributed by atoms with Crippen molar-refractivity contribution in [2.75, 3.05) is 11.9 Å². The maximum atomic E-state index is 12.8. The van der Waals surface area contributed by atoms with Crippen LogP contribution in [0, 0.1) is 13.8 Å². The molecule has 1 fully saturated rings. The molecule has 0 unspecified atom stereocenters. The van der Waals surface area contributed by atoms with Crippen molar-refractivity contribution < 1.29 is 19.1 Å². The van der Waals surface area contributed by atoms with Gasteiger partial charge in [-0.25, -0.2) is 0 Å². The molecule has 0 bridgehead atoms. The second-order valence-electron chi connectivity index (χ2n) is 8.03. The van der Waals surface area contributed by atoms with Crippen LogP contribution in [0.2, 0.25) is 0 Å². The third-order valence-corrected chi connectivity index (χ3v) is 6.09. The molecule has 3 aromatic rings. The Morgan fingerprint density at radius 2 is 1.71 bits per heavy atom. The van der Waals surface area contributed by atoms with Crippen molar-refractivity contribution in [2.24, 2.45) is 0 Å². The Balaban J connectivity index is 1.33. The van der Waals surface area contributed by atoms with Gasteiger partial charge in [0.1, 0.15) is 5.75 Å². The fraction of sp³-hybridized carbons (Fsp3) is 0.148. The number of rotatable bonds is 7. The predicted molar refractivity (Wildman–Crippen MR) is 134 cm³/mol. The van der Waals surface area contributed by atoms with E-state index in [1.54, 1.807) is 30.3 Å². The molecule has 34 heavy (non-hydrogen) atoms. The third kappa shape index (κ3) is 5.94. The van der Waals surface area contributed by atoms with Crippen molar-refractivity contribution >= 4 is 40.6 Å². The summed E-state index contributed by atoms with van der Waals surface area (Å²) in [4.78, 5) is 38.9. The number of carbonyl (C=O) groups is 3. The Kier molecular flexibility index (Phi) is 7.13. The first-order chi connectivity index (χ1) is 16.4. The van der Waals surface area contributed by atoms with Crippen molar-refractivity contribution in [1.29, 1.82) is 0 Å². The van der Waals surface area contributed by atoms with Crippen molar-refractivity contribution in [2.45, 2.75) is 20.4 Å². The third-order valence-electron chi connectivity index (χ3n) is 5.18. The van der Waals surface area contributed by atoms with Gasteiger partial charge in [-0.2, -0.15) is 0 Å². The fourth-order valence-electron chi connectivity index (χ4n) is 3.39. The van der Waals surface area contributed by atoms with E-state index >= 15 is 0 Å². The van der Waals surface area contributed by atoms with Crippen LogP contribution in [0.3, 0.4) is 0 Å². The smallest absolute Gasteiger partial charge is 0.293 e. The van der Waals surface area contributed by atoms with E-state index in [4.69, 9.17) is 4.74 Å². The second-order valence-corrected chi connectivity index (χ2v) is 9.02. The SMILES string of the molecule is Cc1ccc(CN2C(=O)S/C(=C/c3ccc(OCC(=O)Nc4cccc(C)c4)cc3)C2=O)cc1. The van der Waals surface area contributed by atoms with Crippen molar-refractivity contribution in [3.63, 3.8) is 0 Å². The standard InChI is InChI=1S/C27H24N2O4S/c1-18-6-8-21(9-7-18)16-29-26(31)24(34-27(29)32)15-20-10-12-23(13-11-20)33-17-25(30)28-22-5-3-4-19(2)14-22/h3-15H,16-17H2,1-2H3,(H,28,30)/b24-15+. The minimum absolute atomic E-state index is 0.120. The van der Waals surface area contributed by atoms with Crippen molar-refractivity contribution in [3.05, 3.63) is 100.0 Å². The van der Waals surface area contributed by atoms with Gasteiger partial charge in [0.25, 0.3) is 17.1 Å². The molecule has 1 heterocycles. The molecule has 1 N–H and O–H groups in total. The lowest BCUT2D eigenvalue weighted by Gasteiger charge is -2.12. The highest BCUT2D eigenvalue weighted by atomic mass is 32.2. The zero-order valence-electron chi connectivity index (χ0n) is 18.9. The number of benzene rings is 3. The number of hydrogen-bond acceptors (Lipinski definition) is 5. The van der Waals surface area contributed by atoms with Crippen LogP contribution in [-0.4, -0.2) is 28.6 Å². The number of ether oxygens (including phenoxy) is 1. The summed E-state index contributed by atoms with van der Waals surface area (Å²) in [6.45, 7) is 4.08. The lowest BCUT2D eigenvalue weighted by Crippen LogP contribution is -2.27. The van der Waals surface area contributed by atoms with Gasteiger partial charge in [-0.3, -0.25) is 19.3 Å². The van der Waals surface area contributed by atoms with E-state index < -0.39 is 0 Å². The van der Waals surface area contributed by atoms with E-state index in [9.17, 15) is 14.4 Å². The van der Waals surface area contributed by atoms with Crippen LogP contribution in [0.5, 0.6) is 5.75 Å². The first-order valence-electron chi connectivity index (χ1n) is 10.8. The number of imide groups is 1. The maximum absolute atomic E-state index is 12.8. The van der Waals surface area contributed by atoms with Gasteiger partial charge in [0.2, 0.25) is 0 Å². The molecule has 1 aliphatic heterocycles. The number of anilines is 1. The number of nitrogens with one attached hydrogen (secondary N) is 1. The number of amides is 3. The molecule has 7 heteroatoms. The number of nitrogens with zero attached hydrogens (tertiary/aromatic N) is 1. The van der Waals surface area contributed by atoms with Crippen LogP contribution in [0.1, 0.15) is 22.3 Å². The Morgan fingerprint density at radius 1 is 0.971 bits per heavy atom. The summed E-state index contributed by atoms with van der Waals surface area (Å²) >= 11 is 0.934.